The van der Waals surface area contributed by atoms with E-state index in [1.807, 2.05) is 60.7 Å². The zero-order valence-corrected chi connectivity index (χ0v) is 18.1. The molecule has 3 aromatic carbocycles. The van der Waals surface area contributed by atoms with Gasteiger partial charge in [0.1, 0.15) is 5.52 Å². The van der Waals surface area contributed by atoms with Crippen molar-refractivity contribution in [3.8, 4) is 11.5 Å². The smallest absolute Gasteiger partial charge is 0.227 e. The first-order valence-electron chi connectivity index (χ1n) is 8.41. The molecule has 0 aliphatic rings. The highest BCUT2D eigenvalue weighted by molar-refractivity contribution is 14.1. The van der Waals surface area contributed by atoms with Gasteiger partial charge in [-0.2, -0.15) is 0 Å². The van der Waals surface area contributed by atoms with E-state index in [9.17, 15) is 0 Å². The Hall–Kier alpha value is -2.15. The molecule has 3 nitrogen and oxygen atoms in total. The molecule has 0 spiro atoms. The number of allylic oxidation sites excluding steroid dienone is 1. The van der Waals surface area contributed by atoms with Crippen LogP contribution in [-0.2, 0) is 0 Å². The molecule has 0 N–H and O–H groups in total. The molecule has 0 unspecified atom stereocenters. The predicted molar refractivity (Wildman–Crippen MR) is 126 cm³/mol. The first-order chi connectivity index (χ1) is 13.6. The Morgan fingerprint density at radius 1 is 1.00 bits per heavy atom. The molecule has 1 heterocycles. The average molecular weight is 519 g/mol. The molecule has 0 saturated heterocycles. The van der Waals surface area contributed by atoms with Crippen LogP contribution in [0.1, 0.15) is 5.56 Å². The highest BCUT2D eigenvalue weighted by atomic mass is 127. The van der Waals surface area contributed by atoms with Gasteiger partial charge in [0.15, 0.2) is 5.58 Å². The van der Waals surface area contributed by atoms with Crippen LogP contribution in [-0.4, -0.2) is 11.2 Å². The lowest BCUT2D eigenvalue weighted by molar-refractivity contribution is 0.620. The summed E-state index contributed by atoms with van der Waals surface area (Å²) in [5.74, 6) is 0.604. The summed E-state index contributed by atoms with van der Waals surface area (Å²) in [5.41, 5.74) is 4.13. The zero-order valence-electron chi connectivity index (χ0n) is 14.4. The van der Waals surface area contributed by atoms with Crippen LogP contribution < -0.4 is 0 Å². The number of fused-ring (bicyclic) bond motifs is 1. The van der Waals surface area contributed by atoms with Crippen LogP contribution >= 0.6 is 45.8 Å². The number of oxazole rings is 1. The highest BCUT2D eigenvalue weighted by Gasteiger charge is 2.08. The summed E-state index contributed by atoms with van der Waals surface area (Å²) in [6, 6.07) is 19.1. The summed E-state index contributed by atoms with van der Waals surface area (Å²) in [4.78, 5) is 9.04. The molecule has 0 amide bonds. The molecule has 0 atom stereocenters. The Morgan fingerprint density at radius 3 is 2.71 bits per heavy atom. The lowest BCUT2D eigenvalue weighted by atomic mass is 10.2. The summed E-state index contributed by atoms with van der Waals surface area (Å²) in [7, 11) is 0. The zero-order chi connectivity index (χ0) is 19.5. The van der Waals surface area contributed by atoms with Crippen LogP contribution in [0.2, 0.25) is 10.0 Å². The van der Waals surface area contributed by atoms with Crippen LogP contribution in [0.5, 0.6) is 0 Å². The van der Waals surface area contributed by atoms with Gasteiger partial charge in [-0.15, -0.1) is 0 Å². The normalized spacial score (nSPS) is 11.8. The topological polar surface area (TPSA) is 38.4 Å². The van der Waals surface area contributed by atoms with Crippen molar-refractivity contribution in [2.24, 2.45) is 4.99 Å². The highest BCUT2D eigenvalue weighted by Crippen LogP contribution is 2.28. The number of hydrogen-bond acceptors (Lipinski definition) is 3. The van der Waals surface area contributed by atoms with E-state index in [1.54, 1.807) is 18.3 Å². The quantitative estimate of drug-likeness (QED) is 0.204. The van der Waals surface area contributed by atoms with Gasteiger partial charge in [0, 0.05) is 25.4 Å². The molecule has 4 rings (SSSR count). The van der Waals surface area contributed by atoms with E-state index in [2.05, 4.69) is 32.6 Å². The maximum atomic E-state index is 6.15. The number of aromatic nitrogens is 1. The summed E-state index contributed by atoms with van der Waals surface area (Å²) in [6.45, 7) is 0. The van der Waals surface area contributed by atoms with E-state index in [0.717, 1.165) is 31.5 Å². The van der Waals surface area contributed by atoms with Crippen molar-refractivity contribution in [3.05, 3.63) is 85.9 Å². The predicted octanol–water partition coefficient (Wildman–Crippen LogP) is 7.82. The van der Waals surface area contributed by atoms with Gasteiger partial charge >= 0.3 is 0 Å². The van der Waals surface area contributed by atoms with Crippen LogP contribution in [0.3, 0.4) is 0 Å². The standard InChI is InChI=1S/C22H13Cl2IN2O/c23-16-7-6-14(19(24)12-16)4-2-10-26-18-8-9-21-20(13-18)27-22(28-21)15-3-1-5-17(25)11-15/h1-13H. The van der Waals surface area contributed by atoms with Gasteiger partial charge in [0.25, 0.3) is 0 Å². The number of halogens is 3. The fourth-order valence-corrected chi connectivity index (χ4v) is 3.67. The van der Waals surface area contributed by atoms with Gasteiger partial charge in [0.05, 0.1) is 5.69 Å². The van der Waals surface area contributed by atoms with Gasteiger partial charge in [-0.25, -0.2) is 4.98 Å². The van der Waals surface area contributed by atoms with Crippen LogP contribution in [0.15, 0.2) is 76.1 Å². The third-order valence-electron chi connectivity index (χ3n) is 3.99. The van der Waals surface area contributed by atoms with E-state index in [0.29, 0.717) is 15.9 Å². The number of aliphatic imine (C=N–C) groups is 1. The van der Waals surface area contributed by atoms with Crippen LogP contribution in [0.25, 0.3) is 28.6 Å². The number of benzene rings is 3. The number of rotatable bonds is 4. The Labute approximate surface area is 185 Å². The molecule has 0 saturated carbocycles. The molecule has 6 heteroatoms. The summed E-state index contributed by atoms with van der Waals surface area (Å²) in [6.07, 6.45) is 5.43. The molecule has 28 heavy (non-hydrogen) atoms. The molecule has 0 radical (unpaired) electrons. The number of nitrogens with zero attached hydrogens (tertiary/aromatic N) is 2. The van der Waals surface area contributed by atoms with Crippen LogP contribution in [0.4, 0.5) is 5.69 Å². The molecule has 0 aliphatic carbocycles. The van der Waals surface area contributed by atoms with Gasteiger partial charge in [-0.05, 0) is 82.8 Å². The minimum absolute atomic E-state index is 0.601. The SMILES string of the molecule is Clc1ccc(C=CC=Nc2ccc3oc(-c4cccc(I)c4)nc3c2)c(Cl)c1. The molecular weight excluding hydrogens is 506 g/mol. The van der Waals surface area contributed by atoms with E-state index in [4.69, 9.17) is 27.6 Å². The molecular formula is C22H13Cl2IN2O. The Kier molecular flexibility index (Phi) is 5.80. The lowest BCUT2D eigenvalue weighted by Gasteiger charge is -1.97. The van der Waals surface area contributed by atoms with Crippen molar-refractivity contribution in [2.75, 3.05) is 0 Å². The third-order valence-corrected chi connectivity index (χ3v) is 5.22. The van der Waals surface area contributed by atoms with E-state index in [-0.39, 0.29) is 0 Å². The van der Waals surface area contributed by atoms with Crippen molar-refractivity contribution in [1.29, 1.82) is 0 Å². The summed E-state index contributed by atoms with van der Waals surface area (Å²) >= 11 is 14.3. The van der Waals surface area contributed by atoms with Crippen molar-refractivity contribution in [2.45, 2.75) is 0 Å². The largest absolute Gasteiger partial charge is 0.436 e. The van der Waals surface area contributed by atoms with Crippen molar-refractivity contribution in [3.63, 3.8) is 0 Å². The molecule has 4 aromatic rings. The summed E-state index contributed by atoms with van der Waals surface area (Å²) < 4.78 is 7.00. The van der Waals surface area contributed by atoms with Gasteiger partial charge in [0.2, 0.25) is 5.89 Å². The van der Waals surface area contributed by atoms with E-state index in [1.165, 1.54) is 0 Å². The average Bonchev–Trinajstić information content (AvgIpc) is 3.10. The second-order valence-electron chi connectivity index (χ2n) is 5.98. The van der Waals surface area contributed by atoms with E-state index < -0.39 is 0 Å². The van der Waals surface area contributed by atoms with Crippen molar-refractivity contribution in [1.82, 2.24) is 4.98 Å². The fourth-order valence-electron chi connectivity index (χ4n) is 2.65. The van der Waals surface area contributed by atoms with Crippen LogP contribution in [0, 0.1) is 3.57 Å². The lowest BCUT2D eigenvalue weighted by Crippen LogP contribution is -1.78. The van der Waals surface area contributed by atoms with Gasteiger partial charge < -0.3 is 4.42 Å². The van der Waals surface area contributed by atoms with Gasteiger partial charge in [-0.3, -0.25) is 4.99 Å². The van der Waals surface area contributed by atoms with Crippen molar-refractivity contribution < 1.29 is 4.42 Å². The second kappa shape index (κ2) is 8.47. The second-order valence-corrected chi connectivity index (χ2v) is 8.07. The monoisotopic (exact) mass is 518 g/mol. The molecule has 0 aliphatic heterocycles. The third kappa shape index (κ3) is 4.46. The first-order valence-corrected chi connectivity index (χ1v) is 10.2. The maximum absolute atomic E-state index is 6.15. The van der Waals surface area contributed by atoms with E-state index >= 15 is 0 Å². The minimum Gasteiger partial charge on any atom is -0.436 e. The Morgan fingerprint density at radius 2 is 1.89 bits per heavy atom. The minimum atomic E-state index is 0.601. The number of hydrogen-bond donors (Lipinski definition) is 0. The van der Waals surface area contributed by atoms with Crippen molar-refractivity contribution >= 4 is 74.9 Å². The first kappa shape index (κ1) is 19.2. The maximum Gasteiger partial charge on any atom is 0.227 e. The molecule has 1 aromatic heterocycles. The van der Waals surface area contributed by atoms with Gasteiger partial charge in [-0.1, -0.05) is 41.4 Å². The fraction of sp³-hybridized carbons (Fsp3) is 0. The molecule has 138 valence electrons. The summed E-state index contributed by atoms with van der Waals surface area (Å²) in [5, 5.41) is 1.21. The molecule has 0 bridgehead atoms. The Balaban J connectivity index is 1.54. The molecule has 0 fully saturated rings. The Bertz CT molecular complexity index is 1210.